The number of imidazole rings is 1. The molecule has 0 saturated heterocycles. The predicted molar refractivity (Wildman–Crippen MR) is 80.3 cm³/mol. The first-order chi connectivity index (χ1) is 9.67. The number of rotatable bonds is 3. The Morgan fingerprint density at radius 1 is 1.10 bits per heavy atom. The molecule has 2 N–H and O–H groups in total. The molecule has 0 bridgehead atoms. The molecule has 6 heteroatoms. The van der Waals surface area contributed by atoms with Crippen LogP contribution in [0.3, 0.4) is 0 Å². The molecule has 0 fully saturated rings. The molecule has 0 aliphatic heterocycles. The van der Waals surface area contributed by atoms with Gasteiger partial charge in [0, 0.05) is 25.8 Å². The lowest BCUT2D eigenvalue weighted by Gasteiger charge is -2.06. The fourth-order valence-corrected chi connectivity index (χ4v) is 2.11. The zero-order chi connectivity index (χ0) is 14.1. The molecule has 2 aromatic heterocycles. The second-order valence-electron chi connectivity index (χ2n) is 4.59. The predicted octanol–water partition coefficient (Wildman–Crippen LogP) is 2.46. The number of hydrogen-bond donors (Lipinski definition) is 2. The van der Waals surface area contributed by atoms with Crippen molar-refractivity contribution in [1.29, 1.82) is 0 Å². The summed E-state index contributed by atoms with van der Waals surface area (Å²) in [5.74, 6) is 2.52. The molecular formula is C14H16N6. The molecule has 0 aliphatic carbocycles. The van der Waals surface area contributed by atoms with Crippen LogP contribution < -0.4 is 10.6 Å². The summed E-state index contributed by atoms with van der Waals surface area (Å²) in [6.07, 6.45) is 1.53. The second kappa shape index (κ2) is 4.80. The van der Waals surface area contributed by atoms with Crippen molar-refractivity contribution in [3.8, 4) is 0 Å². The van der Waals surface area contributed by atoms with Crippen LogP contribution in [0.25, 0.3) is 11.0 Å². The van der Waals surface area contributed by atoms with Crippen molar-refractivity contribution in [2.24, 2.45) is 7.05 Å². The number of benzene rings is 1. The van der Waals surface area contributed by atoms with Crippen molar-refractivity contribution in [3.05, 3.63) is 36.4 Å². The molecule has 0 radical (unpaired) electrons. The molecule has 0 unspecified atom stereocenters. The Labute approximate surface area is 116 Å². The highest BCUT2D eigenvalue weighted by Gasteiger charge is 2.05. The molecule has 20 heavy (non-hydrogen) atoms. The third-order valence-electron chi connectivity index (χ3n) is 3.30. The quantitative estimate of drug-likeness (QED) is 0.763. The maximum atomic E-state index is 4.53. The van der Waals surface area contributed by atoms with Crippen LogP contribution in [-0.2, 0) is 7.05 Å². The summed E-state index contributed by atoms with van der Waals surface area (Å²) in [6.45, 7) is 2.00. The Balaban J connectivity index is 1.94. The number of hydrogen-bond acceptors (Lipinski definition) is 5. The molecule has 0 amide bonds. The summed E-state index contributed by atoms with van der Waals surface area (Å²) in [4.78, 5) is 12.8. The van der Waals surface area contributed by atoms with Crippen molar-refractivity contribution < 1.29 is 0 Å². The first kappa shape index (κ1) is 12.4. The highest BCUT2D eigenvalue weighted by Crippen LogP contribution is 2.22. The van der Waals surface area contributed by atoms with Gasteiger partial charge < -0.3 is 15.2 Å². The van der Waals surface area contributed by atoms with Gasteiger partial charge in [0.2, 0.25) is 0 Å². The van der Waals surface area contributed by atoms with Crippen LogP contribution in [0.15, 0.2) is 30.6 Å². The highest BCUT2D eigenvalue weighted by molar-refractivity contribution is 5.81. The van der Waals surface area contributed by atoms with E-state index in [1.807, 2.05) is 39.2 Å². The maximum Gasteiger partial charge on any atom is 0.135 e. The van der Waals surface area contributed by atoms with Gasteiger partial charge in [0.25, 0.3) is 0 Å². The van der Waals surface area contributed by atoms with Crippen molar-refractivity contribution in [2.45, 2.75) is 6.92 Å². The molecule has 2 heterocycles. The average molecular weight is 268 g/mol. The first-order valence-electron chi connectivity index (χ1n) is 6.37. The smallest absolute Gasteiger partial charge is 0.135 e. The SMILES string of the molecule is CNc1cc(Nc2ccc3c(c2)nc(C)n3C)ncn1. The van der Waals surface area contributed by atoms with Gasteiger partial charge >= 0.3 is 0 Å². The van der Waals surface area contributed by atoms with E-state index in [0.29, 0.717) is 0 Å². The fourth-order valence-electron chi connectivity index (χ4n) is 2.11. The van der Waals surface area contributed by atoms with E-state index < -0.39 is 0 Å². The Bertz CT molecular complexity index is 761. The largest absolute Gasteiger partial charge is 0.373 e. The van der Waals surface area contributed by atoms with Gasteiger partial charge in [-0.2, -0.15) is 0 Å². The Hall–Kier alpha value is -2.63. The van der Waals surface area contributed by atoms with Crippen LogP contribution in [0.1, 0.15) is 5.82 Å². The lowest BCUT2D eigenvalue weighted by molar-refractivity contribution is 0.886. The minimum atomic E-state index is 0.747. The molecule has 1 aromatic carbocycles. The summed E-state index contributed by atoms with van der Waals surface area (Å²) in [6, 6.07) is 7.94. The third kappa shape index (κ3) is 2.16. The first-order valence-corrected chi connectivity index (χ1v) is 6.37. The molecule has 3 rings (SSSR count). The van der Waals surface area contributed by atoms with Crippen molar-refractivity contribution in [1.82, 2.24) is 19.5 Å². The summed E-state index contributed by atoms with van der Waals surface area (Å²) in [5.41, 5.74) is 3.04. The molecule has 0 saturated carbocycles. The van der Waals surface area contributed by atoms with Gasteiger partial charge in [-0.25, -0.2) is 15.0 Å². The van der Waals surface area contributed by atoms with Crippen molar-refractivity contribution >= 4 is 28.4 Å². The number of fused-ring (bicyclic) bond motifs is 1. The lowest BCUT2D eigenvalue weighted by atomic mass is 10.2. The van der Waals surface area contributed by atoms with Gasteiger partial charge in [0.1, 0.15) is 23.8 Å². The molecule has 0 atom stereocenters. The van der Waals surface area contributed by atoms with E-state index in [9.17, 15) is 0 Å². The lowest BCUT2D eigenvalue weighted by Crippen LogP contribution is -1.98. The minimum absolute atomic E-state index is 0.747. The summed E-state index contributed by atoms with van der Waals surface area (Å²) < 4.78 is 2.07. The normalized spacial score (nSPS) is 10.8. The van der Waals surface area contributed by atoms with E-state index in [0.717, 1.165) is 34.2 Å². The zero-order valence-electron chi connectivity index (χ0n) is 11.7. The number of nitrogens with zero attached hydrogens (tertiary/aromatic N) is 4. The molecule has 6 nitrogen and oxygen atoms in total. The van der Waals surface area contributed by atoms with Gasteiger partial charge in [-0.1, -0.05) is 0 Å². The van der Waals surface area contributed by atoms with Gasteiger partial charge in [0.15, 0.2) is 0 Å². The van der Waals surface area contributed by atoms with E-state index in [-0.39, 0.29) is 0 Å². The fraction of sp³-hybridized carbons (Fsp3) is 0.214. The minimum Gasteiger partial charge on any atom is -0.373 e. The summed E-state index contributed by atoms with van der Waals surface area (Å²) in [7, 11) is 3.84. The van der Waals surface area contributed by atoms with E-state index >= 15 is 0 Å². The highest BCUT2D eigenvalue weighted by atomic mass is 15.1. The van der Waals surface area contributed by atoms with Gasteiger partial charge in [0.05, 0.1) is 11.0 Å². The Morgan fingerprint density at radius 3 is 2.70 bits per heavy atom. The number of anilines is 3. The number of aryl methyl sites for hydroxylation is 2. The van der Waals surface area contributed by atoms with Crippen LogP contribution in [0.4, 0.5) is 17.3 Å². The number of nitrogens with one attached hydrogen (secondary N) is 2. The summed E-state index contributed by atoms with van der Waals surface area (Å²) in [5, 5.41) is 6.25. The van der Waals surface area contributed by atoms with Crippen LogP contribution in [0.5, 0.6) is 0 Å². The van der Waals surface area contributed by atoms with Gasteiger partial charge in [-0.3, -0.25) is 0 Å². The van der Waals surface area contributed by atoms with E-state index in [4.69, 9.17) is 0 Å². The zero-order valence-corrected chi connectivity index (χ0v) is 11.7. The standard InChI is InChI=1S/C14H16N6/c1-9-18-11-6-10(4-5-12(11)20(9)3)19-14-7-13(15-2)16-8-17-14/h4-8H,1-3H3,(H2,15,16,17,19). The Kier molecular flexibility index (Phi) is 2.98. The van der Waals surface area contributed by atoms with Crippen molar-refractivity contribution in [2.75, 3.05) is 17.7 Å². The third-order valence-corrected chi connectivity index (χ3v) is 3.30. The van der Waals surface area contributed by atoms with Crippen LogP contribution in [0.2, 0.25) is 0 Å². The second-order valence-corrected chi connectivity index (χ2v) is 4.59. The maximum absolute atomic E-state index is 4.53. The molecule has 0 aliphatic rings. The summed E-state index contributed by atoms with van der Waals surface area (Å²) >= 11 is 0. The van der Waals surface area contributed by atoms with Gasteiger partial charge in [-0.15, -0.1) is 0 Å². The topological polar surface area (TPSA) is 67.7 Å². The van der Waals surface area contributed by atoms with Crippen molar-refractivity contribution in [3.63, 3.8) is 0 Å². The average Bonchev–Trinajstić information content (AvgIpc) is 2.74. The molecule has 102 valence electrons. The van der Waals surface area contributed by atoms with E-state index in [1.54, 1.807) is 0 Å². The monoisotopic (exact) mass is 268 g/mol. The molecular weight excluding hydrogens is 252 g/mol. The molecule has 0 spiro atoms. The number of aromatic nitrogens is 4. The van der Waals surface area contributed by atoms with Crippen LogP contribution in [0, 0.1) is 6.92 Å². The van der Waals surface area contributed by atoms with E-state index in [1.165, 1.54) is 6.33 Å². The van der Waals surface area contributed by atoms with Gasteiger partial charge in [-0.05, 0) is 25.1 Å². The Morgan fingerprint density at radius 2 is 1.90 bits per heavy atom. The van der Waals surface area contributed by atoms with Crippen LogP contribution in [-0.4, -0.2) is 26.6 Å². The van der Waals surface area contributed by atoms with Crippen LogP contribution >= 0.6 is 0 Å². The van der Waals surface area contributed by atoms with E-state index in [2.05, 4.69) is 36.2 Å². The molecule has 3 aromatic rings.